The quantitative estimate of drug-likeness (QED) is 0.626. The number of para-hydroxylation sites is 1. The highest BCUT2D eigenvalue weighted by atomic mass is 32.2. The molecule has 1 amide bonds. The summed E-state index contributed by atoms with van der Waals surface area (Å²) in [5.41, 5.74) is 4.92. The molecule has 0 aliphatic heterocycles. The predicted octanol–water partition coefficient (Wildman–Crippen LogP) is 3.65. The lowest BCUT2D eigenvalue weighted by molar-refractivity contribution is 0.0940. The molecule has 0 spiro atoms. The van der Waals surface area contributed by atoms with Gasteiger partial charge in [-0.25, -0.2) is 8.42 Å². The topological polar surface area (TPSA) is 91.1 Å². The van der Waals surface area contributed by atoms with Crippen LogP contribution in [0, 0.1) is 13.8 Å². The summed E-state index contributed by atoms with van der Waals surface area (Å²) in [6, 6.07) is 12.2. The number of aromatic nitrogens is 1. The molecule has 0 bridgehead atoms. The minimum Gasteiger partial charge on any atom is -0.358 e. The predicted molar refractivity (Wildman–Crippen MR) is 109 cm³/mol. The van der Waals surface area contributed by atoms with Crippen LogP contribution in [-0.4, -0.2) is 25.6 Å². The first kappa shape index (κ1) is 19.0. The maximum Gasteiger partial charge on any atom is 0.251 e. The molecule has 27 heavy (non-hydrogen) atoms. The van der Waals surface area contributed by atoms with Gasteiger partial charge in [0, 0.05) is 22.2 Å². The molecule has 0 saturated carbocycles. The van der Waals surface area contributed by atoms with Crippen molar-refractivity contribution in [3.63, 3.8) is 0 Å². The fraction of sp³-hybridized carbons (Fsp3) is 0.250. The van der Waals surface area contributed by atoms with Crippen molar-refractivity contribution in [1.82, 2.24) is 10.3 Å². The van der Waals surface area contributed by atoms with Crippen LogP contribution in [-0.2, 0) is 10.0 Å². The van der Waals surface area contributed by atoms with Crippen LogP contribution in [0.3, 0.4) is 0 Å². The lowest BCUT2D eigenvalue weighted by Gasteiger charge is -2.18. The minimum absolute atomic E-state index is 0.211. The summed E-state index contributed by atoms with van der Waals surface area (Å²) in [6.07, 6.45) is 1.10. The van der Waals surface area contributed by atoms with Gasteiger partial charge in [-0.2, -0.15) is 0 Å². The summed E-state index contributed by atoms with van der Waals surface area (Å²) in [5, 5.41) is 3.97. The Morgan fingerprint density at radius 3 is 2.52 bits per heavy atom. The number of fused-ring (bicyclic) bond motifs is 1. The number of aryl methyl sites for hydroxylation is 2. The Balaban J connectivity index is 1.85. The summed E-state index contributed by atoms with van der Waals surface area (Å²) in [4.78, 5) is 16.0. The highest BCUT2D eigenvalue weighted by Crippen LogP contribution is 2.25. The van der Waals surface area contributed by atoms with Crippen LogP contribution in [0.4, 0.5) is 5.69 Å². The first-order valence-corrected chi connectivity index (χ1v) is 10.5. The van der Waals surface area contributed by atoms with E-state index in [2.05, 4.69) is 15.0 Å². The van der Waals surface area contributed by atoms with Crippen molar-refractivity contribution >= 4 is 32.5 Å². The number of nitrogens with one attached hydrogen (secondary N) is 3. The van der Waals surface area contributed by atoms with E-state index in [0.717, 1.165) is 28.4 Å². The fourth-order valence-electron chi connectivity index (χ4n) is 3.13. The summed E-state index contributed by atoms with van der Waals surface area (Å²) in [7, 11) is -3.41. The molecule has 3 aromatic rings. The zero-order chi connectivity index (χ0) is 19.8. The van der Waals surface area contributed by atoms with Crippen molar-refractivity contribution in [2.45, 2.75) is 26.8 Å². The van der Waals surface area contributed by atoms with Crippen molar-refractivity contribution in [2.75, 3.05) is 11.0 Å². The summed E-state index contributed by atoms with van der Waals surface area (Å²) < 4.78 is 25.6. The number of carbonyl (C=O) groups excluding carboxylic acids is 1. The van der Waals surface area contributed by atoms with Crippen LogP contribution in [0.25, 0.3) is 10.9 Å². The van der Waals surface area contributed by atoms with Gasteiger partial charge in [-0.15, -0.1) is 0 Å². The third kappa shape index (κ3) is 4.14. The molecule has 1 aromatic heterocycles. The Labute approximate surface area is 159 Å². The second-order valence-corrected chi connectivity index (χ2v) is 8.54. The number of benzene rings is 2. The first-order valence-electron chi connectivity index (χ1n) is 8.62. The lowest BCUT2D eigenvalue weighted by atomic mass is 10.0. The molecule has 1 unspecified atom stereocenters. The van der Waals surface area contributed by atoms with Crippen LogP contribution in [0.2, 0.25) is 0 Å². The third-order valence-corrected chi connectivity index (χ3v) is 5.23. The molecular formula is C20H23N3O3S. The summed E-state index contributed by atoms with van der Waals surface area (Å²) in [6.45, 7) is 5.85. The molecule has 3 rings (SSSR count). The number of carbonyl (C=O) groups is 1. The smallest absolute Gasteiger partial charge is 0.251 e. The van der Waals surface area contributed by atoms with Crippen molar-refractivity contribution in [3.05, 3.63) is 64.8 Å². The number of H-pyrrole nitrogens is 1. The number of aromatic amines is 1. The van der Waals surface area contributed by atoms with E-state index in [4.69, 9.17) is 0 Å². The van der Waals surface area contributed by atoms with Gasteiger partial charge < -0.3 is 10.3 Å². The largest absolute Gasteiger partial charge is 0.358 e. The van der Waals surface area contributed by atoms with Gasteiger partial charge in [-0.1, -0.05) is 18.2 Å². The van der Waals surface area contributed by atoms with Crippen molar-refractivity contribution in [2.24, 2.45) is 0 Å². The number of rotatable bonds is 5. The van der Waals surface area contributed by atoms with Gasteiger partial charge in [0.05, 0.1) is 18.0 Å². The van der Waals surface area contributed by atoms with E-state index in [-0.39, 0.29) is 11.9 Å². The van der Waals surface area contributed by atoms with Crippen molar-refractivity contribution in [1.29, 1.82) is 0 Å². The zero-order valence-corrected chi connectivity index (χ0v) is 16.6. The fourth-order valence-corrected chi connectivity index (χ4v) is 3.71. The molecule has 0 aliphatic rings. The molecule has 2 aromatic carbocycles. The number of sulfonamides is 1. The maximum absolute atomic E-state index is 12.7. The van der Waals surface area contributed by atoms with Gasteiger partial charge >= 0.3 is 0 Å². The maximum atomic E-state index is 12.7. The standard InChI is InChI=1S/C20H23N3O3S/c1-12-13(2)21-18-10-9-15(11-17(12)18)20(24)22-14(3)16-7-5-6-8-19(16)23-27(4,25)26/h5-11,14,21,23H,1-4H3,(H,22,24). The van der Waals surface area contributed by atoms with E-state index >= 15 is 0 Å². The molecule has 0 aliphatic carbocycles. The van der Waals surface area contributed by atoms with Crippen LogP contribution in [0.5, 0.6) is 0 Å². The zero-order valence-electron chi connectivity index (χ0n) is 15.8. The van der Waals surface area contributed by atoms with Crippen LogP contribution in [0.15, 0.2) is 42.5 Å². The van der Waals surface area contributed by atoms with Crippen LogP contribution < -0.4 is 10.0 Å². The van der Waals surface area contributed by atoms with Gasteiger partial charge in [-0.3, -0.25) is 9.52 Å². The summed E-state index contributed by atoms with van der Waals surface area (Å²) in [5.74, 6) is -0.211. The average molecular weight is 385 g/mol. The third-order valence-electron chi connectivity index (χ3n) is 4.64. The molecular weight excluding hydrogens is 362 g/mol. The Bertz CT molecular complexity index is 1120. The molecule has 3 N–H and O–H groups in total. The first-order chi connectivity index (χ1) is 12.7. The normalized spacial score (nSPS) is 12.7. The number of amides is 1. The number of hydrogen-bond donors (Lipinski definition) is 3. The van der Waals surface area contributed by atoms with Crippen molar-refractivity contribution in [3.8, 4) is 0 Å². The van der Waals surface area contributed by atoms with E-state index in [1.807, 2.05) is 39.0 Å². The molecule has 0 saturated heterocycles. The van der Waals surface area contributed by atoms with E-state index in [1.165, 1.54) is 0 Å². The van der Waals surface area contributed by atoms with E-state index in [1.54, 1.807) is 24.3 Å². The highest BCUT2D eigenvalue weighted by molar-refractivity contribution is 7.92. The molecule has 1 atom stereocenters. The Hall–Kier alpha value is -2.80. The molecule has 0 radical (unpaired) electrons. The SMILES string of the molecule is Cc1[nH]c2ccc(C(=O)NC(C)c3ccccc3NS(C)(=O)=O)cc2c1C. The molecule has 142 valence electrons. The number of hydrogen-bond acceptors (Lipinski definition) is 3. The highest BCUT2D eigenvalue weighted by Gasteiger charge is 2.17. The van der Waals surface area contributed by atoms with Crippen molar-refractivity contribution < 1.29 is 13.2 Å². The van der Waals surface area contributed by atoms with Gasteiger partial charge in [0.2, 0.25) is 10.0 Å². The monoisotopic (exact) mass is 385 g/mol. The van der Waals surface area contributed by atoms with E-state index in [9.17, 15) is 13.2 Å². The van der Waals surface area contributed by atoms with Gasteiger partial charge in [0.15, 0.2) is 0 Å². The van der Waals surface area contributed by atoms with Gasteiger partial charge in [0.25, 0.3) is 5.91 Å². The van der Waals surface area contributed by atoms with Gasteiger partial charge in [-0.05, 0) is 56.2 Å². The molecule has 6 nitrogen and oxygen atoms in total. The molecule has 7 heteroatoms. The van der Waals surface area contributed by atoms with E-state index < -0.39 is 10.0 Å². The average Bonchev–Trinajstić information content (AvgIpc) is 2.87. The molecule has 0 fully saturated rings. The van der Waals surface area contributed by atoms with Crippen LogP contribution >= 0.6 is 0 Å². The van der Waals surface area contributed by atoms with Crippen LogP contribution in [0.1, 0.15) is 40.1 Å². The second-order valence-electron chi connectivity index (χ2n) is 6.79. The second kappa shape index (κ2) is 7.08. The Morgan fingerprint density at radius 2 is 1.81 bits per heavy atom. The lowest BCUT2D eigenvalue weighted by Crippen LogP contribution is -2.27. The molecule has 1 heterocycles. The summed E-state index contributed by atoms with van der Waals surface area (Å²) >= 11 is 0. The minimum atomic E-state index is -3.41. The van der Waals surface area contributed by atoms with E-state index in [0.29, 0.717) is 16.8 Å². The van der Waals surface area contributed by atoms with Gasteiger partial charge in [0.1, 0.15) is 0 Å². The Morgan fingerprint density at radius 1 is 1.11 bits per heavy atom. The Kier molecular flexibility index (Phi) is 4.97. The number of anilines is 1.